The molecule has 0 radical (unpaired) electrons. The number of Topliss-reactive ketones (excluding diaryl/α,β-unsaturated/α-hetero) is 1. The Kier molecular flexibility index (Phi) is 5.55. The molecule has 1 aromatic rings. The van der Waals surface area contributed by atoms with Crippen molar-refractivity contribution in [2.45, 2.75) is 6.92 Å². The molecule has 0 aromatic heterocycles. The molecule has 0 amide bonds. The molecule has 20 heavy (non-hydrogen) atoms. The van der Waals surface area contributed by atoms with E-state index in [-0.39, 0.29) is 5.78 Å². The zero-order chi connectivity index (χ0) is 15.3. The molecule has 6 nitrogen and oxygen atoms in total. The summed E-state index contributed by atoms with van der Waals surface area (Å²) in [6.45, 7) is 3.78. The van der Waals surface area contributed by atoms with Crippen molar-refractivity contribution in [3.05, 3.63) is 29.8 Å². The molecule has 1 heterocycles. The molecule has 0 saturated heterocycles. The van der Waals surface area contributed by atoms with Crippen molar-refractivity contribution in [2.24, 2.45) is 0 Å². The molecule has 1 aliphatic heterocycles. The molecule has 0 saturated carbocycles. The summed E-state index contributed by atoms with van der Waals surface area (Å²) in [6.07, 6.45) is 2.77. The van der Waals surface area contributed by atoms with E-state index in [1.165, 1.54) is 10.6 Å². The lowest BCUT2D eigenvalue weighted by molar-refractivity contribution is -0.717. The molecular weight excluding hydrogens is 280 g/mol. The van der Waals surface area contributed by atoms with Crippen LogP contribution in [0, 0.1) is 0 Å². The van der Waals surface area contributed by atoms with Crippen LogP contribution < -0.4 is 4.90 Å². The van der Waals surface area contributed by atoms with Gasteiger partial charge in [0.25, 0.3) is 0 Å². The highest BCUT2D eigenvalue weighted by Crippen LogP contribution is 2.06. The van der Waals surface area contributed by atoms with Crippen LogP contribution in [0.2, 0.25) is 0 Å². The van der Waals surface area contributed by atoms with Gasteiger partial charge >= 0.3 is 6.34 Å². The predicted octanol–water partition coefficient (Wildman–Crippen LogP) is -0.749. The molecule has 110 valence electrons. The van der Waals surface area contributed by atoms with Crippen LogP contribution in [0.25, 0.3) is 0 Å². The highest BCUT2D eigenvalue weighted by molar-refractivity contribution is 7.84. The van der Waals surface area contributed by atoms with Gasteiger partial charge in [-0.15, -0.1) is 0 Å². The van der Waals surface area contributed by atoms with Crippen LogP contribution in [0.3, 0.4) is 0 Å². The van der Waals surface area contributed by atoms with E-state index in [4.69, 9.17) is 13.0 Å². The lowest BCUT2D eigenvalue weighted by atomic mass is 10.1. The highest BCUT2D eigenvalue weighted by atomic mass is 32.2. The summed E-state index contributed by atoms with van der Waals surface area (Å²) in [5, 5.41) is 0. The number of likely N-dealkylation sites (N-methyl/N-ethyl adjacent to an activating group) is 1. The molecule has 1 unspecified atom stereocenters. The van der Waals surface area contributed by atoms with E-state index >= 15 is 0 Å². The Morgan fingerprint density at radius 1 is 1.30 bits per heavy atom. The number of quaternary nitrogens is 1. The number of hydrogen-bond donors (Lipinski definition) is 1. The van der Waals surface area contributed by atoms with Crippen molar-refractivity contribution >= 4 is 27.9 Å². The SMILES string of the molecule is CC(=O)c1ccc([NH+]2C=[N+](C)CC2)cc1.CS(=O)(=O)[O-]. The normalized spacial score (nSPS) is 18.0. The molecule has 0 fully saturated rings. The van der Waals surface area contributed by atoms with Crippen LogP contribution in [0.15, 0.2) is 24.3 Å². The molecule has 7 heteroatoms. The van der Waals surface area contributed by atoms with Crippen LogP contribution in [0.4, 0.5) is 5.69 Å². The van der Waals surface area contributed by atoms with E-state index in [1.54, 1.807) is 6.92 Å². The summed E-state index contributed by atoms with van der Waals surface area (Å²) in [7, 11) is -1.84. The van der Waals surface area contributed by atoms with Crippen molar-refractivity contribution in [1.82, 2.24) is 0 Å². The van der Waals surface area contributed by atoms with Crippen molar-refractivity contribution in [3.8, 4) is 0 Å². The zero-order valence-corrected chi connectivity index (χ0v) is 12.6. The number of nitrogens with zero attached hydrogens (tertiary/aromatic N) is 1. The number of benzene rings is 1. The third-order valence-electron chi connectivity index (χ3n) is 2.77. The largest absolute Gasteiger partial charge is 0.748 e. The third-order valence-corrected chi connectivity index (χ3v) is 2.77. The molecule has 0 aliphatic carbocycles. The fourth-order valence-corrected chi connectivity index (χ4v) is 1.83. The second-order valence-electron chi connectivity index (χ2n) is 4.72. The molecule has 1 aromatic carbocycles. The second-order valence-corrected chi connectivity index (χ2v) is 6.13. The average Bonchev–Trinajstić information content (AvgIpc) is 2.74. The van der Waals surface area contributed by atoms with Crippen LogP contribution in [0.1, 0.15) is 17.3 Å². The number of hydrogen-bond acceptors (Lipinski definition) is 4. The first-order chi connectivity index (χ1) is 9.16. The minimum Gasteiger partial charge on any atom is -0.748 e. The average molecular weight is 299 g/mol. The minimum absolute atomic E-state index is 0.124. The standard InChI is InChI=1S/C12H15N2O.CH4O3S/c1-10(15)11-3-5-12(6-4-11)14-8-7-13(2)9-14;1-5(2,3)4/h3-6,9H,7-8H2,1-2H3;1H3,(H,2,3,4)/q+1;. The second kappa shape index (κ2) is 6.74. The Labute approximate surface area is 119 Å². The van der Waals surface area contributed by atoms with Crippen LogP contribution in [-0.4, -0.2) is 56.1 Å². The maximum absolute atomic E-state index is 11.1. The van der Waals surface area contributed by atoms with Gasteiger partial charge in [-0.1, -0.05) is 0 Å². The Hall–Kier alpha value is -1.57. The number of carbonyl (C=O) groups is 1. The van der Waals surface area contributed by atoms with E-state index in [2.05, 4.69) is 18.0 Å². The van der Waals surface area contributed by atoms with E-state index in [1.807, 2.05) is 24.3 Å². The van der Waals surface area contributed by atoms with Gasteiger partial charge in [0.1, 0.15) is 12.7 Å². The van der Waals surface area contributed by atoms with Crippen molar-refractivity contribution in [3.63, 3.8) is 0 Å². The summed E-state index contributed by atoms with van der Waals surface area (Å²) >= 11 is 0. The van der Waals surface area contributed by atoms with E-state index < -0.39 is 10.1 Å². The van der Waals surface area contributed by atoms with Gasteiger partial charge in [-0.3, -0.25) is 4.79 Å². The molecule has 0 bridgehead atoms. The third kappa shape index (κ3) is 6.05. The molecule has 1 N–H and O–H groups in total. The van der Waals surface area contributed by atoms with Crippen LogP contribution in [0.5, 0.6) is 0 Å². The Bertz CT molecular complexity index is 598. The van der Waals surface area contributed by atoms with E-state index in [0.29, 0.717) is 6.26 Å². The topological polar surface area (TPSA) is 81.7 Å². The van der Waals surface area contributed by atoms with Crippen molar-refractivity contribution in [2.75, 3.05) is 26.4 Å². The van der Waals surface area contributed by atoms with Gasteiger partial charge < -0.3 is 4.55 Å². The maximum atomic E-state index is 11.1. The summed E-state index contributed by atoms with van der Waals surface area (Å²) in [5.74, 6) is 0.124. The molecule has 2 rings (SSSR count). The first-order valence-electron chi connectivity index (χ1n) is 6.10. The van der Waals surface area contributed by atoms with Crippen molar-refractivity contribution in [1.29, 1.82) is 0 Å². The van der Waals surface area contributed by atoms with Gasteiger partial charge in [-0.05, 0) is 19.1 Å². The summed E-state index contributed by atoms with van der Waals surface area (Å²) in [4.78, 5) is 12.5. The monoisotopic (exact) mass is 299 g/mol. The molecule has 0 spiro atoms. The van der Waals surface area contributed by atoms with E-state index in [9.17, 15) is 4.79 Å². The smallest absolute Gasteiger partial charge is 0.330 e. The summed E-state index contributed by atoms with van der Waals surface area (Å²) in [6, 6.07) is 7.86. The van der Waals surface area contributed by atoms with Gasteiger partial charge in [0.15, 0.2) is 18.9 Å². The molecule has 1 atom stereocenters. The van der Waals surface area contributed by atoms with Gasteiger partial charge in [0.2, 0.25) is 0 Å². The summed E-state index contributed by atoms with van der Waals surface area (Å²) < 4.78 is 29.4. The first-order valence-corrected chi connectivity index (χ1v) is 7.91. The lowest BCUT2D eigenvalue weighted by Gasteiger charge is -2.04. The lowest BCUT2D eigenvalue weighted by Crippen LogP contribution is -3.05. The number of ketones is 1. The van der Waals surface area contributed by atoms with Gasteiger partial charge in [-0.25, -0.2) is 13.3 Å². The quantitative estimate of drug-likeness (QED) is 0.443. The number of rotatable bonds is 2. The van der Waals surface area contributed by atoms with Gasteiger partial charge in [0, 0.05) is 24.0 Å². The maximum Gasteiger partial charge on any atom is 0.330 e. The Balaban J connectivity index is 0.000000347. The zero-order valence-electron chi connectivity index (χ0n) is 11.8. The fourth-order valence-electron chi connectivity index (χ4n) is 1.83. The minimum atomic E-state index is -3.92. The molecule has 1 aliphatic rings. The predicted molar refractivity (Wildman–Crippen MR) is 74.7 cm³/mol. The Morgan fingerprint density at radius 3 is 2.15 bits per heavy atom. The first kappa shape index (κ1) is 16.5. The number of nitrogens with one attached hydrogen (secondary N) is 1. The van der Waals surface area contributed by atoms with Gasteiger partial charge in [0.05, 0.1) is 10.1 Å². The van der Waals surface area contributed by atoms with Crippen LogP contribution >= 0.6 is 0 Å². The fraction of sp³-hybridized carbons (Fsp3) is 0.385. The summed E-state index contributed by atoms with van der Waals surface area (Å²) in [5.41, 5.74) is 2.01. The highest BCUT2D eigenvalue weighted by Gasteiger charge is 2.22. The van der Waals surface area contributed by atoms with Gasteiger partial charge in [-0.2, -0.15) is 4.58 Å². The van der Waals surface area contributed by atoms with Crippen molar-refractivity contribution < 1.29 is 27.2 Å². The number of carbonyl (C=O) groups excluding carboxylic acids is 1. The Morgan fingerprint density at radius 2 is 1.80 bits per heavy atom. The molecular formula is C13H19N2O4S+. The van der Waals surface area contributed by atoms with E-state index in [0.717, 1.165) is 18.7 Å². The van der Waals surface area contributed by atoms with Crippen LogP contribution in [-0.2, 0) is 10.1 Å².